The SMILES string of the molecule is CC(C)NC(=O)Nc1ccc2c(c1)C(=O)N(C)C[C@H](C)[C@@H](C)CN(C(=O)c1ccccc1)[C@@H](C)CO2. The van der Waals surface area contributed by atoms with Gasteiger partial charge < -0.3 is 25.2 Å². The summed E-state index contributed by atoms with van der Waals surface area (Å²) in [5, 5.41) is 5.56. The second-order valence-corrected chi connectivity index (χ2v) is 10.1. The van der Waals surface area contributed by atoms with Gasteiger partial charge in [-0.05, 0) is 62.9 Å². The molecular formula is C28H38N4O4. The molecule has 2 N–H and O–H groups in total. The number of benzene rings is 2. The maximum absolute atomic E-state index is 13.4. The van der Waals surface area contributed by atoms with Gasteiger partial charge in [0.25, 0.3) is 11.8 Å². The maximum Gasteiger partial charge on any atom is 0.319 e. The maximum atomic E-state index is 13.4. The normalized spacial score (nSPS) is 21.1. The predicted octanol–water partition coefficient (Wildman–Crippen LogP) is 4.48. The van der Waals surface area contributed by atoms with Crippen LogP contribution in [0.3, 0.4) is 0 Å². The van der Waals surface area contributed by atoms with Gasteiger partial charge in [0, 0.05) is 37.4 Å². The standard InChI is InChI=1S/C28H38N4O4/c1-18(2)29-28(35)30-23-12-13-25-24(14-23)27(34)31(6)15-19(3)20(4)16-32(21(5)17-36-25)26(33)22-10-8-7-9-11-22/h7-14,18-21H,15-17H2,1-6H3,(H2,29,30,35)/t19-,20-,21-/m0/s1. The number of urea groups is 1. The van der Waals surface area contributed by atoms with Crippen LogP contribution in [0.1, 0.15) is 55.3 Å². The third-order valence-corrected chi connectivity index (χ3v) is 6.55. The molecule has 0 aromatic heterocycles. The van der Waals surface area contributed by atoms with Crippen LogP contribution in [0.2, 0.25) is 0 Å². The lowest BCUT2D eigenvalue weighted by Gasteiger charge is -2.35. The van der Waals surface area contributed by atoms with Gasteiger partial charge in [0.1, 0.15) is 12.4 Å². The van der Waals surface area contributed by atoms with Gasteiger partial charge in [-0.1, -0.05) is 32.0 Å². The number of anilines is 1. The minimum absolute atomic E-state index is 0.0168. The Morgan fingerprint density at radius 1 is 1.00 bits per heavy atom. The van der Waals surface area contributed by atoms with Gasteiger partial charge >= 0.3 is 6.03 Å². The van der Waals surface area contributed by atoms with Crippen molar-refractivity contribution in [2.24, 2.45) is 11.8 Å². The van der Waals surface area contributed by atoms with Gasteiger partial charge in [-0.25, -0.2) is 4.79 Å². The monoisotopic (exact) mass is 494 g/mol. The number of hydrogen-bond acceptors (Lipinski definition) is 4. The molecule has 8 heteroatoms. The molecule has 1 heterocycles. The molecule has 3 rings (SSSR count). The summed E-state index contributed by atoms with van der Waals surface area (Å²) in [6.45, 7) is 11.2. The van der Waals surface area contributed by atoms with Gasteiger partial charge in [-0.3, -0.25) is 9.59 Å². The second kappa shape index (κ2) is 11.9. The lowest BCUT2D eigenvalue weighted by molar-refractivity contribution is 0.0536. The molecule has 0 bridgehead atoms. The fraction of sp³-hybridized carbons (Fsp3) is 0.464. The van der Waals surface area contributed by atoms with E-state index in [1.165, 1.54) is 0 Å². The zero-order valence-electron chi connectivity index (χ0n) is 22.1. The molecule has 1 aliphatic rings. The molecule has 0 radical (unpaired) electrons. The van der Waals surface area contributed by atoms with Crippen LogP contribution in [0, 0.1) is 11.8 Å². The average molecular weight is 495 g/mol. The molecule has 36 heavy (non-hydrogen) atoms. The van der Waals surface area contributed by atoms with Crippen molar-refractivity contribution in [3.63, 3.8) is 0 Å². The molecule has 0 unspecified atom stereocenters. The van der Waals surface area contributed by atoms with Crippen molar-refractivity contribution in [1.29, 1.82) is 0 Å². The molecule has 0 aliphatic carbocycles. The first-order valence-corrected chi connectivity index (χ1v) is 12.5. The Bertz CT molecular complexity index is 1070. The van der Waals surface area contributed by atoms with Gasteiger partial charge in [0.2, 0.25) is 0 Å². The number of hydrogen-bond donors (Lipinski definition) is 2. The van der Waals surface area contributed by atoms with Crippen molar-refractivity contribution in [2.75, 3.05) is 32.1 Å². The fourth-order valence-corrected chi connectivity index (χ4v) is 4.23. The van der Waals surface area contributed by atoms with Crippen LogP contribution in [-0.4, -0.2) is 66.5 Å². The Kier molecular flexibility index (Phi) is 8.96. The van der Waals surface area contributed by atoms with Crippen LogP contribution in [-0.2, 0) is 0 Å². The minimum Gasteiger partial charge on any atom is -0.491 e. The van der Waals surface area contributed by atoms with Gasteiger partial charge in [-0.2, -0.15) is 0 Å². The van der Waals surface area contributed by atoms with Crippen LogP contribution in [0.15, 0.2) is 48.5 Å². The number of amides is 4. The Morgan fingerprint density at radius 2 is 1.67 bits per heavy atom. The molecule has 194 valence electrons. The number of fused-ring (bicyclic) bond motifs is 1. The Balaban J connectivity index is 1.92. The highest BCUT2D eigenvalue weighted by Crippen LogP contribution is 2.27. The molecule has 2 aromatic rings. The van der Waals surface area contributed by atoms with E-state index in [0.717, 1.165) is 0 Å². The van der Waals surface area contributed by atoms with E-state index in [2.05, 4.69) is 24.5 Å². The third kappa shape index (κ3) is 6.77. The number of carbonyl (C=O) groups excluding carboxylic acids is 3. The molecule has 1 aliphatic heterocycles. The Hall–Kier alpha value is -3.55. The summed E-state index contributed by atoms with van der Waals surface area (Å²) < 4.78 is 6.12. The number of nitrogens with zero attached hydrogens (tertiary/aromatic N) is 2. The van der Waals surface area contributed by atoms with E-state index in [1.54, 1.807) is 30.1 Å². The highest BCUT2D eigenvalue weighted by Gasteiger charge is 2.29. The molecule has 0 fully saturated rings. The summed E-state index contributed by atoms with van der Waals surface area (Å²) in [5.74, 6) is 0.508. The van der Waals surface area contributed by atoms with Crippen molar-refractivity contribution in [1.82, 2.24) is 15.1 Å². The summed E-state index contributed by atoms with van der Waals surface area (Å²) in [7, 11) is 1.77. The topological polar surface area (TPSA) is 91.0 Å². The van der Waals surface area contributed by atoms with Crippen LogP contribution in [0.25, 0.3) is 0 Å². The summed E-state index contributed by atoms with van der Waals surface area (Å²) in [6.07, 6.45) is 0. The zero-order chi connectivity index (χ0) is 26.4. The molecule has 8 nitrogen and oxygen atoms in total. The summed E-state index contributed by atoms with van der Waals surface area (Å²) in [5.41, 5.74) is 1.51. The van der Waals surface area contributed by atoms with Crippen molar-refractivity contribution in [2.45, 2.75) is 46.7 Å². The number of ether oxygens (including phenoxy) is 1. The van der Waals surface area contributed by atoms with E-state index in [4.69, 9.17) is 4.74 Å². The van der Waals surface area contributed by atoms with Gasteiger partial charge in [-0.15, -0.1) is 0 Å². The van der Waals surface area contributed by atoms with E-state index in [1.807, 2.05) is 56.0 Å². The lowest BCUT2D eigenvalue weighted by atomic mass is 9.93. The summed E-state index contributed by atoms with van der Waals surface area (Å²) >= 11 is 0. The minimum atomic E-state index is -0.342. The van der Waals surface area contributed by atoms with Crippen LogP contribution in [0.5, 0.6) is 5.75 Å². The quantitative estimate of drug-likeness (QED) is 0.658. The van der Waals surface area contributed by atoms with E-state index >= 15 is 0 Å². The highest BCUT2D eigenvalue weighted by atomic mass is 16.5. The van der Waals surface area contributed by atoms with E-state index in [0.29, 0.717) is 35.7 Å². The molecule has 0 spiro atoms. The van der Waals surface area contributed by atoms with Crippen molar-refractivity contribution in [3.8, 4) is 5.75 Å². The largest absolute Gasteiger partial charge is 0.491 e. The molecular weight excluding hydrogens is 456 g/mol. The first-order valence-electron chi connectivity index (χ1n) is 12.5. The Morgan fingerprint density at radius 3 is 2.33 bits per heavy atom. The number of nitrogens with one attached hydrogen (secondary N) is 2. The van der Waals surface area contributed by atoms with Crippen LogP contribution in [0.4, 0.5) is 10.5 Å². The van der Waals surface area contributed by atoms with Crippen LogP contribution < -0.4 is 15.4 Å². The van der Waals surface area contributed by atoms with Crippen molar-refractivity contribution >= 4 is 23.5 Å². The molecule has 0 saturated heterocycles. The van der Waals surface area contributed by atoms with Crippen molar-refractivity contribution in [3.05, 3.63) is 59.7 Å². The first-order chi connectivity index (χ1) is 17.1. The fourth-order valence-electron chi connectivity index (χ4n) is 4.23. The highest BCUT2D eigenvalue weighted by molar-refractivity contribution is 5.99. The zero-order valence-corrected chi connectivity index (χ0v) is 22.1. The van der Waals surface area contributed by atoms with Crippen molar-refractivity contribution < 1.29 is 19.1 Å². The van der Waals surface area contributed by atoms with E-state index in [-0.39, 0.29) is 48.4 Å². The molecule has 2 aromatic carbocycles. The number of carbonyl (C=O) groups is 3. The second-order valence-electron chi connectivity index (χ2n) is 10.1. The van der Waals surface area contributed by atoms with Gasteiger partial charge in [0.05, 0.1) is 11.6 Å². The van der Waals surface area contributed by atoms with E-state index < -0.39 is 0 Å². The summed E-state index contributed by atoms with van der Waals surface area (Å²) in [4.78, 5) is 42.6. The first kappa shape index (κ1) is 27.0. The third-order valence-electron chi connectivity index (χ3n) is 6.55. The summed E-state index contributed by atoms with van der Waals surface area (Å²) in [6, 6.07) is 13.7. The lowest BCUT2D eigenvalue weighted by Crippen LogP contribution is -2.46. The average Bonchev–Trinajstić information content (AvgIpc) is 2.84. The molecule has 0 saturated carbocycles. The number of rotatable bonds is 3. The smallest absolute Gasteiger partial charge is 0.319 e. The molecule has 4 amide bonds. The van der Waals surface area contributed by atoms with E-state index in [9.17, 15) is 14.4 Å². The predicted molar refractivity (Wildman–Crippen MR) is 141 cm³/mol. The molecule has 3 atom stereocenters. The Labute approximate surface area is 214 Å². The van der Waals surface area contributed by atoms with Crippen LogP contribution >= 0.6 is 0 Å². The van der Waals surface area contributed by atoms with Gasteiger partial charge in [0.15, 0.2) is 0 Å².